The van der Waals surface area contributed by atoms with E-state index in [9.17, 15) is 0 Å². The van der Waals surface area contributed by atoms with Crippen LogP contribution in [0.2, 0.25) is 0 Å². The van der Waals surface area contributed by atoms with Crippen molar-refractivity contribution in [1.29, 1.82) is 0 Å². The van der Waals surface area contributed by atoms with Gasteiger partial charge in [-0.1, -0.05) is 35.5 Å². The normalized spacial score (nSPS) is 5.55. The van der Waals surface area contributed by atoms with E-state index in [0.717, 1.165) is 0 Å². The number of benzene rings is 1. The number of rotatable bonds is 0. The van der Waals surface area contributed by atoms with Gasteiger partial charge in [0.15, 0.2) is 0 Å². The van der Waals surface area contributed by atoms with E-state index in [1.807, 2.05) is 28.4 Å². The molecule has 0 heterocycles. The molecule has 0 nitrogen and oxygen atoms in total. The molecule has 1 aromatic carbocycles. The molecule has 0 N–H and O–H groups in total. The Morgan fingerprint density at radius 2 is 1.27 bits per heavy atom. The molecule has 3 heteroatoms. The molecule has 0 aromatic heterocycles. The van der Waals surface area contributed by atoms with Crippen LogP contribution in [0.15, 0.2) is 30.3 Å². The van der Waals surface area contributed by atoms with Crippen LogP contribution >= 0.6 is 0 Å². The molecular formula is C8H13CuLiSi. The van der Waals surface area contributed by atoms with Crippen molar-refractivity contribution in [3.8, 4) is 0 Å². The fraction of sp³-hybridized carbons (Fsp3) is 0. The summed E-state index contributed by atoms with van der Waals surface area (Å²) in [6.07, 6.45) is 0. The average molecular weight is 208 g/mol. The molecule has 0 aliphatic rings. The second-order valence-electron chi connectivity index (χ2n) is 1.49. The minimum atomic E-state index is 0. The van der Waals surface area contributed by atoms with Gasteiger partial charge in [-0.25, -0.2) is 0 Å². The van der Waals surface area contributed by atoms with Crippen molar-refractivity contribution in [1.82, 2.24) is 0 Å². The van der Waals surface area contributed by atoms with Crippen LogP contribution < -0.4 is 24.0 Å². The van der Waals surface area contributed by atoms with Crippen LogP contribution in [0.25, 0.3) is 0 Å². The average Bonchev–Trinajstić information content (AvgIpc) is 1.69. The van der Waals surface area contributed by atoms with Crippen LogP contribution in [0.5, 0.6) is 0 Å². The summed E-state index contributed by atoms with van der Waals surface area (Å²) < 4.78 is 0. The summed E-state index contributed by atoms with van der Waals surface area (Å²) in [6, 6.07) is 10.3. The van der Waals surface area contributed by atoms with Gasteiger partial charge in [-0.2, -0.15) is 0 Å². The van der Waals surface area contributed by atoms with Gasteiger partial charge in [0.25, 0.3) is 0 Å². The maximum atomic E-state index is 2.10. The van der Waals surface area contributed by atoms with Gasteiger partial charge in [-0.15, -0.1) is 0 Å². The van der Waals surface area contributed by atoms with Crippen molar-refractivity contribution in [2.45, 2.75) is 0 Å². The third-order valence-corrected chi connectivity index (χ3v) is 1.31. The maximum Gasteiger partial charge on any atom is 1.00 e. The van der Waals surface area contributed by atoms with Gasteiger partial charge in [-0.3, -0.25) is 0 Å². The third-order valence-electron chi connectivity index (χ3n) is 0.843. The zero-order chi connectivity index (χ0) is 5.11. The van der Waals surface area contributed by atoms with Crippen molar-refractivity contribution < 1.29 is 35.9 Å². The second-order valence-corrected chi connectivity index (χ2v) is 2.30. The van der Waals surface area contributed by atoms with Crippen LogP contribution in [0.3, 0.4) is 0 Å². The van der Waals surface area contributed by atoms with Crippen LogP contribution in [-0.4, -0.2) is 10.2 Å². The Bertz CT molecular complexity index is 144. The fourth-order valence-corrected chi connectivity index (χ4v) is 0.750. The van der Waals surface area contributed by atoms with Gasteiger partial charge in [0.05, 0.1) is 0 Å². The van der Waals surface area contributed by atoms with Crippen molar-refractivity contribution >= 4 is 15.4 Å². The summed E-state index contributed by atoms with van der Waals surface area (Å²) in [7, 11) is 1.90. The van der Waals surface area contributed by atoms with E-state index in [0.29, 0.717) is 0 Å². The smallest absolute Gasteiger partial charge is 0.358 e. The molecule has 11 heavy (non-hydrogen) atoms. The van der Waals surface area contributed by atoms with Gasteiger partial charge in [0.2, 0.25) is 0 Å². The predicted molar refractivity (Wildman–Crippen MR) is 47.4 cm³/mol. The standard InChI is InChI=1S/C6H7Si.2CH3.Cu.Li/c7-6-4-2-1-3-5-6;;;;/h1-5H,7H2;2*1H3;;/q;2*-1;2*+1. The van der Waals surface area contributed by atoms with Crippen LogP contribution in [0.1, 0.15) is 0 Å². The quantitative estimate of drug-likeness (QED) is 0.336. The Morgan fingerprint density at radius 3 is 1.45 bits per heavy atom. The SMILES string of the molecule is [CH3-].[CH3-].[Cu+].[Li+].[SiH2]c1ccccc1. The number of hydrogen-bond acceptors (Lipinski definition) is 0. The Balaban J connectivity index is -0.0000000612. The van der Waals surface area contributed by atoms with Gasteiger partial charge in [0.1, 0.15) is 0 Å². The maximum absolute atomic E-state index is 2.10. The first-order valence-corrected chi connectivity index (χ1v) is 2.97. The Labute approximate surface area is 96.2 Å². The minimum Gasteiger partial charge on any atom is -0.358 e. The van der Waals surface area contributed by atoms with Crippen molar-refractivity contribution in [2.24, 2.45) is 0 Å². The van der Waals surface area contributed by atoms with Gasteiger partial charge >= 0.3 is 35.9 Å². The fourth-order valence-electron chi connectivity index (χ4n) is 0.478. The molecule has 0 spiro atoms. The monoisotopic (exact) mass is 207 g/mol. The minimum absolute atomic E-state index is 0. The second kappa shape index (κ2) is 13.2. The predicted octanol–water partition coefficient (Wildman–Crippen LogP) is -2.15. The Hall–Kier alpha value is 0.554. The molecule has 0 atom stereocenters. The Morgan fingerprint density at radius 1 is 0.909 bits per heavy atom. The summed E-state index contributed by atoms with van der Waals surface area (Å²) in [4.78, 5) is 0. The Kier molecular flexibility index (Phi) is 27.0. The van der Waals surface area contributed by atoms with Gasteiger partial charge in [0, 0.05) is 10.2 Å². The van der Waals surface area contributed by atoms with Crippen molar-refractivity contribution in [2.75, 3.05) is 0 Å². The van der Waals surface area contributed by atoms with E-state index >= 15 is 0 Å². The summed E-state index contributed by atoms with van der Waals surface area (Å²) in [5.41, 5.74) is 0. The summed E-state index contributed by atoms with van der Waals surface area (Å²) in [6.45, 7) is 0. The van der Waals surface area contributed by atoms with Crippen LogP contribution in [0.4, 0.5) is 0 Å². The molecule has 0 unspecified atom stereocenters. The summed E-state index contributed by atoms with van der Waals surface area (Å²) >= 11 is 0. The molecule has 0 fully saturated rings. The van der Waals surface area contributed by atoms with Gasteiger partial charge < -0.3 is 14.9 Å². The largest absolute Gasteiger partial charge is 1.00 e. The topological polar surface area (TPSA) is 0 Å². The van der Waals surface area contributed by atoms with Crippen LogP contribution in [0, 0.1) is 14.9 Å². The summed E-state index contributed by atoms with van der Waals surface area (Å²) in [5, 5.41) is 1.35. The molecule has 61 valence electrons. The first-order chi connectivity index (χ1) is 3.39. The molecule has 0 amide bonds. The van der Waals surface area contributed by atoms with E-state index in [1.54, 1.807) is 0 Å². The molecule has 0 bridgehead atoms. The molecule has 0 saturated carbocycles. The van der Waals surface area contributed by atoms with Gasteiger partial charge in [-0.05, 0) is 0 Å². The van der Waals surface area contributed by atoms with Crippen molar-refractivity contribution in [3.05, 3.63) is 45.2 Å². The zero-order valence-corrected chi connectivity index (χ0v) is 9.75. The molecule has 1 radical (unpaired) electrons. The van der Waals surface area contributed by atoms with E-state index in [2.05, 4.69) is 12.1 Å². The van der Waals surface area contributed by atoms with E-state index < -0.39 is 0 Å². The summed E-state index contributed by atoms with van der Waals surface area (Å²) in [5.74, 6) is 0. The van der Waals surface area contributed by atoms with Crippen LogP contribution in [-0.2, 0) is 17.1 Å². The first kappa shape index (κ1) is 22.6. The zero-order valence-electron chi connectivity index (χ0n) is 7.40. The molecule has 0 aliphatic heterocycles. The van der Waals surface area contributed by atoms with E-state index in [4.69, 9.17) is 0 Å². The molecule has 1 aromatic rings. The third kappa shape index (κ3) is 10.6. The molecule has 0 saturated heterocycles. The van der Waals surface area contributed by atoms with E-state index in [1.165, 1.54) is 5.19 Å². The molecule has 1 rings (SSSR count). The van der Waals surface area contributed by atoms with Crippen molar-refractivity contribution in [3.63, 3.8) is 0 Å². The van der Waals surface area contributed by atoms with E-state index in [-0.39, 0.29) is 50.8 Å². The molecule has 0 aliphatic carbocycles. The number of hydrogen-bond donors (Lipinski definition) is 0. The molecular weight excluding hydrogens is 195 g/mol. The first-order valence-electron chi connectivity index (χ1n) is 2.26.